The first kappa shape index (κ1) is 20.9. The third-order valence-corrected chi connectivity index (χ3v) is 6.36. The van der Waals surface area contributed by atoms with Gasteiger partial charge in [0.25, 0.3) is 5.91 Å². The van der Waals surface area contributed by atoms with Crippen LogP contribution in [0.2, 0.25) is 0 Å². The van der Waals surface area contributed by atoms with Crippen molar-refractivity contribution in [1.29, 1.82) is 0 Å². The Labute approximate surface area is 189 Å². The number of hydrogen-bond acceptors (Lipinski definition) is 4. The Bertz CT molecular complexity index is 1090. The highest BCUT2D eigenvalue weighted by atomic mass is 32.2. The second kappa shape index (κ2) is 10.1. The smallest absolute Gasteiger partial charge is 0.265 e. The Balaban J connectivity index is 1.41. The molecule has 154 valence electrons. The van der Waals surface area contributed by atoms with Gasteiger partial charge in [0.2, 0.25) is 5.91 Å². The monoisotopic (exact) mass is 444 g/mol. The second-order valence-electron chi connectivity index (χ2n) is 6.64. The summed E-state index contributed by atoms with van der Waals surface area (Å²) in [7, 11) is 0. The minimum Gasteiger partial charge on any atom is -0.321 e. The van der Waals surface area contributed by atoms with Crippen LogP contribution in [0.1, 0.15) is 9.67 Å². The number of benzene rings is 3. The Morgan fingerprint density at radius 3 is 1.94 bits per heavy atom. The molecule has 1 N–H and O–H groups in total. The highest BCUT2D eigenvalue weighted by molar-refractivity contribution is 8.00. The molecule has 0 saturated heterocycles. The fraction of sp³-hybridized carbons (Fsp3) is 0.0400. The number of carbonyl (C=O) groups is 2. The summed E-state index contributed by atoms with van der Waals surface area (Å²) >= 11 is 2.88. The maximum absolute atomic E-state index is 13.1. The van der Waals surface area contributed by atoms with Crippen molar-refractivity contribution in [3.05, 3.63) is 107 Å². The lowest BCUT2D eigenvalue weighted by Gasteiger charge is -2.23. The highest BCUT2D eigenvalue weighted by Crippen LogP contribution is 2.28. The molecule has 6 heteroatoms. The number of thioether (sulfide) groups is 1. The summed E-state index contributed by atoms with van der Waals surface area (Å²) in [5.41, 5.74) is 2.40. The van der Waals surface area contributed by atoms with Crippen molar-refractivity contribution in [3.63, 3.8) is 0 Å². The number of para-hydroxylation sites is 2. The molecule has 0 aliphatic carbocycles. The zero-order valence-electron chi connectivity index (χ0n) is 16.6. The zero-order valence-corrected chi connectivity index (χ0v) is 18.2. The van der Waals surface area contributed by atoms with Crippen molar-refractivity contribution in [2.75, 3.05) is 16.0 Å². The molecule has 3 aromatic carbocycles. The van der Waals surface area contributed by atoms with E-state index in [-0.39, 0.29) is 11.8 Å². The van der Waals surface area contributed by atoms with E-state index in [0.29, 0.717) is 10.6 Å². The summed E-state index contributed by atoms with van der Waals surface area (Å²) in [6.45, 7) is 0. The van der Waals surface area contributed by atoms with E-state index in [0.717, 1.165) is 22.0 Å². The number of nitrogens with zero attached hydrogens (tertiary/aromatic N) is 1. The first-order valence-electron chi connectivity index (χ1n) is 9.71. The number of nitrogens with one attached hydrogen (secondary N) is 1. The van der Waals surface area contributed by atoms with Crippen molar-refractivity contribution in [2.45, 2.75) is 4.90 Å². The van der Waals surface area contributed by atoms with Crippen LogP contribution in [-0.2, 0) is 4.79 Å². The van der Waals surface area contributed by atoms with Gasteiger partial charge in [-0.15, -0.1) is 23.1 Å². The summed E-state index contributed by atoms with van der Waals surface area (Å²) in [5.74, 6) is 0.175. The molecule has 31 heavy (non-hydrogen) atoms. The highest BCUT2D eigenvalue weighted by Gasteiger charge is 2.18. The summed E-state index contributed by atoms with van der Waals surface area (Å²) < 4.78 is 0. The molecule has 4 rings (SSSR count). The van der Waals surface area contributed by atoms with E-state index >= 15 is 0 Å². The fourth-order valence-electron chi connectivity index (χ4n) is 3.04. The van der Waals surface area contributed by atoms with Crippen LogP contribution in [0.5, 0.6) is 0 Å². The quantitative estimate of drug-likeness (QED) is 0.333. The lowest BCUT2D eigenvalue weighted by Crippen LogP contribution is -2.27. The van der Waals surface area contributed by atoms with E-state index in [1.807, 2.05) is 96.4 Å². The largest absolute Gasteiger partial charge is 0.321 e. The number of rotatable bonds is 7. The Kier molecular flexibility index (Phi) is 6.82. The number of thiophene rings is 1. The second-order valence-corrected chi connectivity index (χ2v) is 8.64. The number of hydrogen-bond donors (Lipinski definition) is 1. The van der Waals surface area contributed by atoms with Gasteiger partial charge in [-0.1, -0.05) is 42.5 Å². The van der Waals surface area contributed by atoms with E-state index in [4.69, 9.17) is 0 Å². The number of carbonyl (C=O) groups excluding carboxylic acids is 2. The summed E-state index contributed by atoms with van der Waals surface area (Å²) in [4.78, 5) is 28.6. The van der Waals surface area contributed by atoms with Crippen LogP contribution >= 0.6 is 23.1 Å². The standard InChI is InChI=1S/C25H20N2O2S2/c28-24(27(20-8-3-1-4-9-20)21-10-5-2-6-11-21)18-31-22-15-13-19(14-16-22)26-25(29)23-12-7-17-30-23/h1-17H,18H2,(H,26,29). The molecular formula is C25H20N2O2S2. The van der Waals surface area contributed by atoms with E-state index in [9.17, 15) is 9.59 Å². The molecule has 0 atom stereocenters. The average Bonchev–Trinajstić information content (AvgIpc) is 3.36. The molecule has 0 bridgehead atoms. The van der Waals surface area contributed by atoms with Gasteiger partial charge in [-0.25, -0.2) is 0 Å². The van der Waals surface area contributed by atoms with Crippen LogP contribution in [0.25, 0.3) is 0 Å². The maximum Gasteiger partial charge on any atom is 0.265 e. The molecule has 1 aromatic heterocycles. The summed E-state index contributed by atoms with van der Waals surface area (Å²) in [6, 6.07) is 30.5. The molecule has 0 aliphatic heterocycles. The van der Waals surface area contributed by atoms with Crippen molar-refractivity contribution >= 4 is 52.0 Å². The Morgan fingerprint density at radius 2 is 1.39 bits per heavy atom. The van der Waals surface area contributed by atoms with Crippen LogP contribution in [0.4, 0.5) is 17.1 Å². The zero-order chi connectivity index (χ0) is 21.5. The minimum absolute atomic E-state index is 0.00234. The fourth-order valence-corrected chi connectivity index (χ4v) is 4.40. The molecule has 0 unspecified atom stereocenters. The summed E-state index contributed by atoms with van der Waals surface area (Å²) in [6.07, 6.45) is 0. The van der Waals surface area contributed by atoms with Crippen molar-refractivity contribution in [3.8, 4) is 0 Å². The van der Waals surface area contributed by atoms with E-state index in [1.165, 1.54) is 23.1 Å². The lowest BCUT2D eigenvalue weighted by atomic mass is 10.2. The van der Waals surface area contributed by atoms with Crippen LogP contribution in [-0.4, -0.2) is 17.6 Å². The topological polar surface area (TPSA) is 49.4 Å². The van der Waals surface area contributed by atoms with E-state index in [2.05, 4.69) is 5.32 Å². The molecule has 0 radical (unpaired) electrons. The van der Waals surface area contributed by atoms with Crippen molar-refractivity contribution in [1.82, 2.24) is 0 Å². The first-order chi connectivity index (χ1) is 15.2. The third-order valence-electron chi connectivity index (χ3n) is 4.50. The van der Waals surface area contributed by atoms with E-state index in [1.54, 1.807) is 11.0 Å². The van der Waals surface area contributed by atoms with Crippen LogP contribution < -0.4 is 10.2 Å². The maximum atomic E-state index is 13.1. The van der Waals surface area contributed by atoms with Gasteiger partial charge in [0.15, 0.2) is 0 Å². The average molecular weight is 445 g/mol. The van der Waals surface area contributed by atoms with Gasteiger partial charge in [-0.3, -0.25) is 14.5 Å². The van der Waals surface area contributed by atoms with Gasteiger partial charge in [-0.05, 0) is 60.0 Å². The molecule has 0 fully saturated rings. The van der Waals surface area contributed by atoms with Gasteiger partial charge < -0.3 is 5.32 Å². The van der Waals surface area contributed by atoms with Crippen molar-refractivity contribution < 1.29 is 9.59 Å². The third kappa shape index (κ3) is 5.42. The molecule has 4 nitrogen and oxygen atoms in total. The van der Waals surface area contributed by atoms with Crippen LogP contribution in [0, 0.1) is 0 Å². The molecule has 0 aliphatic rings. The van der Waals surface area contributed by atoms with Gasteiger partial charge >= 0.3 is 0 Å². The SMILES string of the molecule is O=C(Nc1ccc(SCC(=O)N(c2ccccc2)c2ccccc2)cc1)c1cccs1. The van der Waals surface area contributed by atoms with E-state index < -0.39 is 0 Å². The number of anilines is 3. The summed E-state index contributed by atoms with van der Waals surface area (Å²) in [5, 5.41) is 4.76. The lowest BCUT2D eigenvalue weighted by molar-refractivity contribution is -0.115. The van der Waals surface area contributed by atoms with Gasteiger partial charge in [0.1, 0.15) is 0 Å². The Morgan fingerprint density at radius 1 is 0.774 bits per heavy atom. The molecular weight excluding hydrogens is 424 g/mol. The predicted molar refractivity (Wildman–Crippen MR) is 129 cm³/mol. The molecule has 2 amide bonds. The van der Waals surface area contributed by atoms with Gasteiger partial charge in [-0.2, -0.15) is 0 Å². The van der Waals surface area contributed by atoms with Crippen molar-refractivity contribution in [2.24, 2.45) is 0 Å². The molecule has 0 spiro atoms. The van der Waals surface area contributed by atoms with Gasteiger partial charge in [0, 0.05) is 22.0 Å². The Hall–Kier alpha value is -3.35. The molecule has 4 aromatic rings. The minimum atomic E-state index is -0.119. The normalized spacial score (nSPS) is 10.5. The van der Waals surface area contributed by atoms with Crippen LogP contribution in [0.3, 0.4) is 0 Å². The first-order valence-corrected chi connectivity index (χ1v) is 11.6. The predicted octanol–water partition coefficient (Wildman–Crippen LogP) is 6.46. The van der Waals surface area contributed by atoms with Gasteiger partial charge in [0.05, 0.1) is 10.6 Å². The molecule has 0 saturated carbocycles. The number of amides is 2. The van der Waals surface area contributed by atoms with Crippen LogP contribution in [0.15, 0.2) is 107 Å². The molecule has 1 heterocycles.